The van der Waals surface area contributed by atoms with Crippen molar-refractivity contribution in [1.29, 1.82) is 5.26 Å². The number of hydrogen-bond donors (Lipinski definition) is 1. The van der Waals surface area contributed by atoms with Crippen LogP contribution in [-0.2, 0) is 27.2 Å². The Bertz CT molecular complexity index is 822. The van der Waals surface area contributed by atoms with Crippen LogP contribution in [0, 0.1) is 23.2 Å². The smallest absolute Gasteiger partial charge is 0.245 e. The first kappa shape index (κ1) is 16.8. The molecule has 2 fully saturated rings. The lowest BCUT2D eigenvalue weighted by atomic mass is 9.92. The van der Waals surface area contributed by atoms with Gasteiger partial charge in [-0.05, 0) is 55.4 Å². The van der Waals surface area contributed by atoms with E-state index in [1.807, 2.05) is 18.2 Å². The summed E-state index contributed by atoms with van der Waals surface area (Å²) >= 11 is 0. The lowest BCUT2D eigenvalue weighted by molar-refractivity contribution is -0.134. The summed E-state index contributed by atoms with van der Waals surface area (Å²) in [6.45, 7) is 0.241. The zero-order valence-corrected chi connectivity index (χ0v) is 14.5. The van der Waals surface area contributed by atoms with Gasteiger partial charge in [-0.3, -0.25) is 14.4 Å². The Labute approximate surface area is 152 Å². The van der Waals surface area contributed by atoms with Crippen molar-refractivity contribution in [1.82, 2.24) is 5.32 Å². The van der Waals surface area contributed by atoms with E-state index in [4.69, 9.17) is 0 Å². The van der Waals surface area contributed by atoms with Crippen molar-refractivity contribution < 1.29 is 14.4 Å². The predicted octanol–water partition coefficient (Wildman–Crippen LogP) is 1.52. The molecule has 26 heavy (non-hydrogen) atoms. The Balaban J connectivity index is 1.47. The molecule has 3 aliphatic rings. The molecule has 0 spiro atoms. The molecular weight excluding hydrogens is 330 g/mol. The van der Waals surface area contributed by atoms with Crippen LogP contribution in [0.25, 0.3) is 0 Å². The molecule has 1 heterocycles. The predicted molar refractivity (Wildman–Crippen MR) is 94.2 cm³/mol. The molecule has 6 heteroatoms. The average molecular weight is 351 g/mol. The first-order chi connectivity index (χ1) is 12.6. The quantitative estimate of drug-likeness (QED) is 0.814. The number of carbonyl (C=O) groups excluding carboxylic acids is 3. The first-order valence-electron chi connectivity index (χ1n) is 9.22. The van der Waals surface area contributed by atoms with Crippen LogP contribution in [0.4, 0.5) is 5.69 Å². The van der Waals surface area contributed by atoms with Crippen molar-refractivity contribution >= 4 is 23.3 Å². The van der Waals surface area contributed by atoms with Gasteiger partial charge in [0.2, 0.25) is 11.8 Å². The summed E-state index contributed by atoms with van der Waals surface area (Å²) in [6.07, 6.45) is 5.08. The molecule has 2 atom stereocenters. The van der Waals surface area contributed by atoms with Gasteiger partial charge in [0, 0.05) is 30.6 Å². The highest BCUT2D eigenvalue weighted by Gasteiger charge is 2.41. The molecule has 134 valence electrons. The molecule has 0 radical (unpaired) electrons. The van der Waals surface area contributed by atoms with E-state index in [-0.39, 0.29) is 24.9 Å². The Morgan fingerprint density at radius 1 is 1.23 bits per heavy atom. The van der Waals surface area contributed by atoms with E-state index in [0.29, 0.717) is 0 Å². The summed E-state index contributed by atoms with van der Waals surface area (Å²) in [6, 6.07) is 7.94. The van der Waals surface area contributed by atoms with Crippen molar-refractivity contribution in [3.8, 4) is 6.07 Å². The van der Waals surface area contributed by atoms with Crippen LogP contribution >= 0.6 is 0 Å². The van der Waals surface area contributed by atoms with Crippen molar-refractivity contribution in [3.63, 3.8) is 0 Å². The first-order valence-corrected chi connectivity index (χ1v) is 9.22. The number of rotatable bonds is 5. The van der Waals surface area contributed by atoms with Gasteiger partial charge in [-0.15, -0.1) is 0 Å². The van der Waals surface area contributed by atoms with E-state index in [0.717, 1.165) is 37.8 Å². The number of nitrogens with zero attached hydrogens (tertiary/aromatic N) is 2. The van der Waals surface area contributed by atoms with Gasteiger partial charge in [0.25, 0.3) is 0 Å². The second-order valence-corrected chi connectivity index (χ2v) is 7.46. The number of nitriles is 1. The average Bonchev–Trinajstić information content (AvgIpc) is 3.17. The number of ketones is 1. The van der Waals surface area contributed by atoms with Gasteiger partial charge in [0.1, 0.15) is 0 Å². The third-order valence-electron chi connectivity index (χ3n) is 5.52. The van der Waals surface area contributed by atoms with Crippen LogP contribution in [0.2, 0.25) is 0 Å². The van der Waals surface area contributed by atoms with E-state index in [2.05, 4.69) is 11.4 Å². The zero-order chi connectivity index (χ0) is 18.3. The van der Waals surface area contributed by atoms with Crippen molar-refractivity contribution in [2.24, 2.45) is 11.8 Å². The van der Waals surface area contributed by atoms with Crippen LogP contribution in [0.1, 0.15) is 36.8 Å². The van der Waals surface area contributed by atoms with Crippen molar-refractivity contribution in [2.45, 2.75) is 44.6 Å². The Hall–Kier alpha value is -2.68. The number of anilines is 1. The van der Waals surface area contributed by atoms with Gasteiger partial charge in [0.05, 0.1) is 6.07 Å². The van der Waals surface area contributed by atoms with E-state index in [1.165, 1.54) is 11.1 Å². The molecule has 2 aliphatic carbocycles. The van der Waals surface area contributed by atoms with Gasteiger partial charge in [-0.25, -0.2) is 0 Å². The van der Waals surface area contributed by atoms with Crippen LogP contribution in [0.3, 0.4) is 0 Å². The van der Waals surface area contributed by atoms with Crippen LogP contribution in [0.15, 0.2) is 18.2 Å². The third kappa shape index (κ3) is 3.10. The largest absolute Gasteiger partial charge is 0.352 e. The number of amides is 2. The summed E-state index contributed by atoms with van der Waals surface area (Å²) < 4.78 is 0. The van der Waals surface area contributed by atoms with E-state index >= 15 is 0 Å². The molecule has 6 nitrogen and oxygen atoms in total. The Kier molecular flexibility index (Phi) is 4.23. The fourth-order valence-corrected chi connectivity index (χ4v) is 3.87. The number of Topliss-reactive ketones (excluding diaryl/α,β-unsaturated/α-hetero) is 1. The van der Waals surface area contributed by atoms with E-state index in [9.17, 15) is 19.6 Å². The number of carbonyl (C=O) groups is 3. The molecule has 2 amide bonds. The molecule has 1 N–H and O–H groups in total. The molecule has 1 aliphatic heterocycles. The maximum Gasteiger partial charge on any atom is 0.245 e. The minimum atomic E-state index is -1.33. The maximum absolute atomic E-state index is 12.7. The molecule has 1 aromatic rings. The zero-order valence-electron chi connectivity index (χ0n) is 14.5. The number of nitrogens with one attached hydrogen (secondary N) is 1. The standard InChI is InChI=1S/C20H21N3O3/c21-10-17(20(26)22-15-5-6-15)19(25)14-9-18(24)23(11-14)16-7-4-12-2-1-3-13(12)8-16/h4,7-8,14-15,17H,1-3,5-6,9,11H2,(H,22,26). The lowest BCUT2D eigenvalue weighted by Crippen LogP contribution is -2.39. The van der Waals surface area contributed by atoms with Crippen LogP contribution in [0.5, 0.6) is 0 Å². The van der Waals surface area contributed by atoms with Gasteiger partial charge >= 0.3 is 0 Å². The van der Waals surface area contributed by atoms with Crippen molar-refractivity contribution in [2.75, 3.05) is 11.4 Å². The van der Waals surface area contributed by atoms with Crippen molar-refractivity contribution in [3.05, 3.63) is 29.3 Å². The van der Waals surface area contributed by atoms with Gasteiger partial charge < -0.3 is 10.2 Å². The van der Waals surface area contributed by atoms with Gasteiger partial charge in [-0.1, -0.05) is 6.07 Å². The summed E-state index contributed by atoms with van der Waals surface area (Å²) in [5.41, 5.74) is 3.40. The SMILES string of the molecule is N#CC(C(=O)NC1CC1)C(=O)C1CC(=O)N(c2ccc3c(c2)CCC3)C1. The number of benzene rings is 1. The molecule has 1 aromatic carbocycles. The third-order valence-corrected chi connectivity index (χ3v) is 5.52. The highest BCUT2D eigenvalue weighted by atomic mass is 16.2. The van der Waals surface area contributed by atoms with Gasteiger partial charge in [0.15, 0.2) is 11.7 Å². The number of fused-ring (bicyclic) bond motifs is 1. The van der Waals surface area contributed by atoms with E-state index in [1.54, 1.807) is 4.90 Å². The fraction of sp³-hybridized carbons (Fsp3) is 0.500. The monoisotopic (exact) mass is 351 g/mol. The van der Waals surface area contributed by atoms with Gasteiger partial charge in [-0.2, -0.15) is 5.26 Å². The van der Waals surface area contributed by atoms with Crippen LogP contribution < -0.4 is 10.2 Å². The minimum absolute atomic E-state index is 0.0603. The summed E-state index contributed by atoms with van der Waals surface area (Å²) in [5, 5.41) is 12.0. The van der Waals surface area contributed by atoms with Crippen LogP contribution in [-0.4, -0.2) is 30.2 Å². The second-order valence-electron chi connectivity index (χ2n) is 7.46. The van der Waals surface area contributed by atoms with E-state index < -0.39 is 23.5 Å². The highest BCUT2D eigenvalue weighted by Crippen LogP contribution is 2.31. The molecule has 4 rings (SSSR count). The highest BCUT2D eigenvalue weighted by molar-refractivity contribution is 6.09. The maximum atomic E-state index is 12.7. The normalized spacial score (nSPS) is 22.7. The molecule has 1 saturated heterocycles. The molecule has 1 saturated carbocycles. The summed E-state index contributed by atoms with van der Waals surface area (Å²) in [5.74, 6) is -3.02. The Morgan fingerprint density at radius 3 is 2.73 bits per heavy atom. The fourth-order valence-electron chi connectivity index (χ4n) is 3.87. The number of hydrogen-bond acceptors (Lipinski definition) is 4. The number of aryl methyl sites for hydroxylation is 2. The molecule has 0 bridgehead atoms. The molecule has 0 aromatic heterocycles. The minimum Gasteiger partial charge on any atom is -0.352 e. The Morgan fingerprint density at radius 2 is 2.00 bits per heavy atom. The molecular formula is C20H21N3O3. The topological polar surface area (TPSA) is 90.3 Å². The lowest BCUT2D eigenvalue weighted by Gasteiger charge is -2.18. The second kappa shape index (κ2) is 6.56. The summed E-state index contributed by atoms with van der Waals surface area (Å²) in [7, 11) is 0. The molecule has 2 unspecified atom stereocenters. The summed E-state index contributed by atoms with van der Waals surface area (Å²) in [4.78, 5) is 38.9.